The molecule has 0 saturated heterocycles. The number of fused-ring (bicyclic) bond motifs is 1. The summed E-state index contributed by atoms with van der Waals surface area (Å²) in [7, 11) is 0. The summed E-state index contributed by atoms with van der Waals surface area (Å²) in [5, 5.41) is 4.60. The molecule has 4 heteroatoms. The molecule has 1 N–H and O–H groups in total. The Hall–Kier alpha value is -3.17. The molecular formula is C26H23ClN2O. The van der Waals surface area contributed by atoms with E-state index in [9.17, 15) is 4.79 Å². The normalized spacial score (nSPS) is 11.9. The Kier molecular flexibility index (Phi) is 6.10. The van der Waals surface area contributed by atoms with E-state index in [4.69, 9.17) is 16.6 Å². The highest BCUT2D eigenvalue weighted by molar-refractivity contribution is 6.35. The van der Waals surface area contributed by atoms with Crippen LogP contribution < -0.4 is 5.32 Å². The standard InChI is InChI=1S/C26H23ClN2O/c1-2-22(18-11-5-3-6-12-18)28-24(30)17-21-20-15-9-10-16-23(20)29-26(25(21)27)19-13-7-4-8-14-19/h3-16,22H,2,17H2,1H3,(H,28,30)/t22-/m0/s1. The number of para-hydroxylation sites is 1. The van der Waals surface area contributed by atoms with Gasteiger partial charge in [0, 0.05) is 10.9 Å². The minimum absolute atomic E-state index is 0.0285. The molecule has 4 aromatic rings. The molecule has 3 aromatic carbocycles. The Bertz CT molecular complexity index is 1160. The number of amides is 1. The quantitative estimate of drug-likeness (QED) is 0.398. The van der Waals surface area contributed by atoms with Gasteiger partial charge in [-0.15, -0.1) is 0 Å². The Morgan fingerprint density at radius 3 is 2.27 bits per heavy atom. The first kappa shape index (κ1) is 20.1. The average molecular weight is 415 g/mol. The number of rotatable bonds is 6. The Balaban J connectivity index is 1.69. The van der Waals surface area contributed by atoms with Gasteiger partial charge in [-0.25, -0.2) is 4.98 Å². The number of carbonyl (C=O) groups is 1. The van der Waals surface area contributed by atoms with Crippen molar-refractivity contribution < 1.29 is 4.79 Å². The molecule has 0 bridgehead atoms. The van der Waals surface area contributed by atoms with Crippen LogP contribution in [0.3, 0.4) is 0 Å². The van der Waals surface area contributed by atoms with Crippen molar-refractivity contribution in [3.05, 3.63) is 101 Å². The summed E-state index contributed by atoms with van der Waals surface area (Å²) in [6.45, 7) is 2.07. The van der Waals surface area contributed by atoms with Crippen molar-refractivity contribution in [2.24, 2.45) is 0 Å². The van der Waals surface area contributed by atoms with Crippen molar-refractivity contribution in [1.29, 1.82) is 0 Å². The fourth-order valence-electron chi connectivity index (χ4n) is 3.73. The Morgan fingerprint density at radius 1 is 0.933 bits per heavy atom. The third-order valence-electron chi connectivity index (χ3n) is 5.26. The molecule has 0 aliphatic carbocycles. The van der Waals surface area contributed by atoms with E-state index in [1.807, 2.05) is 84.9 Å². The molecule has 1 heterocycles. The van der Waals surface area contributed by atoms with Gasteiger partial charge in [-0.3, -0.25) is 4.79 Å². The molecule has 0 fully saturated rings. The van der Waals surface area contributed by atoms with Gasteiger partial charge in [0.2, 0.25) is 5.91 Å². The van der Waals surface area contributed by atoms with Gasteiger partial charge in [-0.2, -0.15) is 0 Å². The molecule has 1 amide bonds. The third kappa shape index (κ3) is 4.22. The molecule has 4 rings (SSSR count). The van der Waals surface area contributed by atoms with Crippen LogP contribution in [-0.2, 0) is 11.2 Å². The summed E-state index contributed by atoms with van der Waals surface area (Å²) in [6.07, 6.45) is 1.01. The van der Waals surface area contributed by atoms with E-state index in [-0.39, 0.29) is 18.4 Å². The van der Waals surface area contributed by atoms with Crippen LogP contribution in [0, 0.1) is 0 Å². The number of nitrogens with one attached hydrogen (secondary N) is 1. The smallest absolute Gasteiger partial charge is 0.224 e. The first-order valence-corrected chi connectivity index (χ1v) is 10.5. The topological polar surface area (TPSA) is 42.0 Å². The minimum Gasteiger partial charge on any atom is -0.349 e. The van der Waals surface area contributed by atoms with Gasteiger partial charge in [0.15, 0.2) is 0 Å². The predicted molar refractivity (Wildman–Crippen MR) is 124 cm³/mol. The highest BCUT2D eigenvalue weighted by Crippen LogP contribution is 2.34. The Labute approximate surface area is 181 Å². The lowest BCUT2D eigenvalue weighted by Gasteiger charge is -2.19. The number of halogens is 1. The van der Waals surface area contributed by atoms with Gasteiger partial charge < -0.3 is 5.32 Å². The van der Waals surface area contributed by atoms with Crippen LogP contribution >= 0.6 is 11.6 Å². The average Bonchev–Trinajstić information content (AvgIpc) is 2.80. The van der Waals surface area contributed by atoms with Crippen LogP contribution in [0.2, 0.25) is 5.02 Å². The zero-order chi connectivity index (χ0) is 20.9. The number of hydrogen-bond donors (Lipinski definition) is 1. The van der Waals surface area contributed by atoms with Crippen LogP contribution in [0.1, 0.15) is 30.5 Å². The van der Waals surface area contributed by atoms with Gasteiger partial charge in [0.1, 0.15) is 0 Å². The first-order chi connectivity index (χ1) is 14.7. The highest BCUT2D eigenvalue weighted by atomic mass is 35.5. The monoisotopic (exact) mass is 414 g/mol. The maximum atomic E-state index is 13.0. The molecular weight excluding hydrogens is 392 g/mol. The summed E-state index contributed by atoms with van der Waals surface area (Å²) in [5.74, 6) is -0.0528. The molecule has 1 atom stereocenters. The number of benzene rings is 3. The van der Waals surface area contributed by atoms with Crippen molar-refractivity contribution in [2.75, 3.05) is 0 Å². The lowest BCUT2D eigenvalue weighted by Crippen LogP contribution is -2.29. The van der Waals surface area contributed by atoms with E-state index in [1.54, 1.807) is 0 Å². The second-order valence-electron chi connectivity index (χ2n) is 7.25. The number of nitrogens with zero attached hydrogens (tertiary/aromatic N) is 1. The number of pyridine rings is 1. The molecule has 0 aliphatic rings. The molecule has 30 heavy (non-hydrogen) atoms. The Morgan fingerprint density at radius 2 is 1.57 bits per heavy atom. The molecule has 1 aromatic heterocycles. The van der Waals surface area contributed by atoms with Gasteiger partial charge >= 0.3 is 0 Å². The molecule has 0 unspecified atom stereocenters. The van der Waals surface area contributed by atoms with Gasteiger partial charge in [-0.05, 0) is 23.6 Å². The molecule has 0 radical (unpaired) electrons. The summed E-state index contributed by atoms with van der Waals surface area (Å²) in [4.78, 5) is 17.8. The molecule has 0 aliphatic heterocycles. The van der Waals surface area contributed by atoms with Crippen LogP contribution in [0.4, 0.5) is 0 Å². The van der Waals surface area contributed by atoms with Crippen molar-refractivity contribution in [3.8, 4) is 11.3 Å². The highest BCUT2D eigenvalue weighted by Gasteiger charge is 2.19. The van der Waals surface area contributed by atoms with E-state index in [0.29, 0.717) is 10.7 Å². The minimum atomic E-state index is -0.0528. The fraction of sp³-hybridized carbons (Fsp3) is 0.154. The van der Waals surface area contributed by atoms with Crippen LogP contribution in [0.15, 0.2) is 84.9 Å². The van der Waals surface area contributed by atoms with E-state index in [0.717, 1.165) is 34.0 Å². The van der Waals surface area contributed by atoms with Gasteiger partial charge in [0.05, 0.1) is 28.7 Å². The number of hydrogen-bond acceptors (Lipinski definition) is 2. The summed E-state index contributed by atoms with van der Waals surface area (Å²) >= 11 is 6.81. The summed E-state index contributed by atoms with van der Waals surface area (Å²) in [6, 6.07) is 27.7. The van der Waals surface area contributed by atoms with Crippen LogP contribution in [0.5, 0.6) is 0 Å². The zero-order valence-corrected chi connectivity index (χ0v) is 17.6. The number of carbonyl (C=O) groups excluding carboxylic acids is 1. The second-order valence-corrected chi connectivity index (χ2v) is 7.63. The first-order valence-electron chi connectivity index (χ1n) is 10.1. The third-order valence-corrected chi connectivity index (χ3v) is 5.67. The lowest BCUT2D eigenvalue weighted by molar-refractivity contribution is -0.121. The lowest BCUT2D eigenvalue weighted by atomic mass is 10.0. The van der Waals surface area contributed by atoms with E-state index in [1.165, 1.54) is 0 Å². The maximum Gasteiger partial charge on any atom is 0.224 e. The van der Waals surface area contributed by atoms with E-state index >= 15 is 0 Å². The van der Waals surface area contributed by atoms with Gasteiger partial charge in [-0.1, -0.05) is 97.4 Å². The fourth-order valence-corrected chi connectivity index (χ4v) is 4.05. The zero-order valence-electron chi connectivity index (χ0n) is 16.8. The van der Waals surface area contributed by atoms with E-state index in [2.05, 4.69) is 12.2 Å². The van der Waals surface area contributed by atoms with Crippen LogP contribution in [0.25, 0.3) is 22.2 Å². The van der Waals surface area contributed by atoms with Crippen molar-refractivity contribution >= 4 is 28.4 Å². The predicted octanol–water partition coefficient (Wildman–Crippen LogP) is 6.37. The SMILES string of the molecule is CC[C@H](NC(=O)Cc1c(Cl)c(-c2ccccc2)nc2ccccc12)c1ccccc1. The summed E-state index contributed by atoms with van der Waals surface area (Å²) in [5.41, 5.74) is 4.38. The van der Waals surface area contributed by atoms with E-state index < -0.39 is 0 Å². The second kappa shape index (κ2) is 9.10. The van der Waals surface area contributed by atoms with Gasteiger partial charge in [0.25, 0.3) is 0 Å². The number of aromatic nitrogens is 1. The van der Waals surface area contributed by atoms with Crippen molar-refractivity contribution in [3.63, 3.8) is 0 Å². The van der Waals surface area contributed by atoms with Crippen LogP contribution in [-0.4, -0.2) is 10.9 Å². The van der Waals surface area contributed by atoms with Crippen molar-refractivity contribution in [2.45, 2.75) is 25.8 Å². The molecule has 150 valence electrons. The largest absolute Gasteiger partial charge is 0.349 e. The molecule has 3 nitrogen and oxygen atoms in total. The maximum absolute atomic E-state index is 13.0. The summed E-state index contributed by atoms with van der Waals surface area (Å²) < 4.78 is 0. The molecule has 0 saturated carbocycles. The molecule has 0 spiro atoms. The van der Waals surface area contributed by atoms with Crippen molar-refractivity contribution in [1.82, 2.24) is 10.3 Å².